The summed E-state index contributed by atoms with van der Waals surface area (Å²) in [5, 5.41) is 0. The first-order valence-corrected chi connectivity index (χ1v) is 8.26. The van der Waals surface area contributed by atoms with Crippen LogP contribution in [0.15, 0.2) is 16.7 Å². The fourth-order valence-corrected chi connectivity index (χ4v) is 3.46. The van der Waals surface area contributed by atoms with Crippen LogP contribution in [0.1, 0.15) is 48.2 Å². The van der Waals surface area contributed by atoms with Gasteiger partial charge in [0.25, 0.3) is 5.91 Å². The maximum atomic E-state index is 12.4. The van der Waals surface area contributed by atoms with Crippen LogP contribution < -0.4 is 0 Å². The summed E-state index contributed by atoms with van der Waals surface area (Å²) in [6.45, 7) is 5.14. The highest BCUT2D eigenvalue weighted by Crippen LogP contribution is 2.24. The summed E-state index contributed by atoms with van der Waals surface area (Å²) in [4.78, 5) is 28.5. The van der Waals surface area contributed by atoms with Crippen molar-refractivity contribution in [1.29, 1.82) is 0 Å². The molecule has 1 aromatic heterocycles. The largest absolute Gasteiger partial charge is 0.469 e. The zero-order valence-electron chi connectivity index (χ0n) is 13.2. The van der Waals surface area contributed by atoms with Gasteiger partial charge in [-0.2, -0.15) is 0 Å². The van der Waals surface area contributed by atoms with Gasteiger partial charge in [-0.25, -0.2) is 0 Å². The number of hydrogen-bond donors (Lipinski definition) is 0. The molecule has 120 valence electrons. The quantitative estimate of drug-likeness (QED) is 0.862. The summed E-state index contributed by atoms with van der Waals surface area (Å²) in [7, 11) is 0. The average Bonchev–Trinajstić information content (AvgIpc) is 3.18. The lowest BCUT2D eigenvalue weighted by Crippen LogP contribution is -2.40. The van der Waals surface area contributed by atoms with Gasteiger partial charge in [-0.05, 0) is 44.6 Å². The molecule has 3 heterocycles. The molecule has 3 rings (SSSR count). The van der Waals surface area contributed by atoms with Gasteiger partial charge in [0, 0.05) is 32.6 Å². The molecule has 2 saturated heterocycles. The van der Waals surface area contributed by atoms with Crippen molar-refractivity contribution in [1.82, 2.24) is 9.80 Å². The predicted molar refractivity (Wildman–Crippen MR) is 82.5 cm³/mol. The van der Waals surface area contributed by atoms with Gasteiger partial charge in [-0.3, -0.25) is 9.59 Å². The number of likely N-dealkylation sites (tertiary alicyclic amines) is 2. The molecule has 0 radical (unpaired) electrons. The Hall–Kier alpha value is -1.78. The molecule has 0 N–H and O–H groups in total. The first-order valence-electron chi connectivity index (χ1n) is 8.26. The lowest BCUT2D eigenvalue weighted by molar-refractivity contribution is -0.131. The minimum absolute atomic E-state index is 0.0515. The number of aryl methyl sites for hydroxylation is 1. The van der Waals surface area contributed by atoms with Crippen molar-refractivity contribution in [2.75, 3.05) is 26.2 Å². The van der Waals surface area contributed by atoms with Crippen LogP contribution in [-0.4, -0.2) is 47.8 Å². The first-order chi connectivity index (χ1) is 10.6. The Kier molecular flexibility index (Phi) is 4.50. The Morgan fingerprint density at radius 3 is 2.41 bits per heavy atom. The summed E-state index contributed by atoms with van der Waals surface area (Å²) >= 11 is 0. The maximum Gasteiger partial charge on any atom is 0.257 e. The fourth-order valence-electron chi connectivity index (χ4n) is 3.46. The normalized spacial score (nSPS) is 19.7. The molecule has 0 spiro atoms. The number of nitrogens with zero attached hydrogens (tertiary/aromatic N) is 2. The third-order valence-electron chi connectivity index (χ3n) is 4.91. The summed E-state index contributed by atoms with van der Waals surface area (Å²) < 4.78 is 5.21. The minimum atomic E-state index is 0.0515. The number of amides is 2. The molecule has 2 aliphatic rings. The van der Waals surface area contributed by atoms with Crippen molar-refractivity contribution in [3.63, 3.8) is 0 Å². The van der Waals surface area contributed by atoms with Crippen LogP contribution >= 0.6 is 0 Å². The third-order valence-corrected chi connectivity index (χ3v) is 4.91. The molecule has 0 aliphatic carbocycles. The van der Waals surface area contributed by atoms with Gasteiger partial charge in [0.15, 0.2) is 0 Å². The van der Waals surface area contributed by atoms with E-state index in [1.54, 1.807) is 12.3 Å². The molecular formula is C17H24N2O3. The molecule has 0 atom stereocenters. The zero-order valence-corrected chi connectivity index (χ0v) is 13.2. The molecule has 0 saturated carbocycles. The van der Waals surface area contributed by atoms with E-state index in [0.29, 0.717) is 29.6 Å². The SMILES string of the molecule is Cc1occc1C(=O)N1CCC(CC(=O)N2CCCC2)CC1. The van der Waals surface area contributed by atoms with E-state index < -0.39 is 0 Å². The van der Waals surface area contributed by atoms with E-state index in [-0.39, 0.29) is 5.91 Å². The molecule has 2 amide bonds. The number of carbonyl (C=O) groups excluding carboxylic acids is 2. The maximum absolute atomic E-state index is 12.4. The topological polar surface area (TPSA) is 53.8 Å². The van der Waals surface area contributed by atoms with Gasteiger partial charge in [0.1, 0.15) is 5.76 Å². The predicted octanol–water partition coefficient (Wildman–Crippen LogP) is 2.45. The Labute approximate surface area is 131 Å². The van der Waals surface area contributed by atoms with E-state index in [1.165, 1.54) is 0 Å². The molecule has 5 nitrogen and oxygen atoms in total. The van der Waals surface area contributed by atoms with Crippen LogP contribution in [0, 0.1) is 12.8 Å². The number of rotatable bonds is 3. The van der Waals surface area contributed by atoms with E-state index in [1.807, 2.05) is 16.7 Å². The van der Waals surface area contributed by atoms with E-state index in [2.05, 4.69) is 0 Å². The van der Waals surface area contributed by atoms with Crippen LogP contribution in [0.25, 0.3) is 0 Å². The lowest BCUT2D eigenvalue weighted by atomic mass is 9.92. The summed E-state index contributed by atoms with van der Waals surface area (Å²) in [6, 6.07) is 1.74. The smallest absolute Gasteiger partial charge is 0.257 e. The number of piperidine rings is 1. The minimum Gasteiger partial charge on any atom is -0.469 e. The van der Waals surface area contributed by atoms with Crippen LogP contribution in [0.4, 0.5) is 0 Å². The third kappa shape index (κ3) is 3.18. The highest BCUT2D eigenvalue weighted by molar-refractivity contribution is 5.95. The van der Waals surface area contributed by atoms with Gasteiger partial charge in [0.05, 0.1) is 11.8 Å². The second-order valence-corrected chi connectivity index (χ2v) is 6.42. The van der Waals surface area contributed by atoms with Gasteiger partial charge in [-0.1, -0.05) is 0 Å². The fraction of sp³-hybridized carbons (Fsp3) is 0.647. The zero-order chi connectivity index (χ0) is 15.5. The number of carbonyl (C=O) groups is 2. The molecule has 5 heteroatoms. The molecule has 0 aromatic carbocycles. The van der Waals surface area contributed by atoms with E-state index in [0.717, 1.165) is 51.9 Å². The second kappa shape index (κ2) is 6.55. The average molecular weight is 304 g/mol. The van der Waals surface area contributed by atoms with Crippen LogP contribution in [0.3, 0.4) is 0 Å². The van der Waals surface area contributed by atoms with Gasteiger partial charge < -0.3 is 14.2 Å². The second-order valence-electron chi connectivity index (χ2n) is 6.42. The Morgan fingerprint density at radius 2 is 1.82 bits per heavy atom. The lowest BCUT2D eigenvalue weighted by Gasteiger charge is -2.32. The first kappa shape index (κ1) is 15.1. The van der Waals surface area contributed by atoms with Gasteiger partial charge in [0.2, 0.25) is 5.91 Å². The molecule has 1 aromatic rings. The highest BCUT2D eigenvalue weighted by atomic mass is 16.3. The Bertz CT molecular complexity index is 538. The van der Waals surface area contributed by atoms with E-state index >= 15 is 0 Å². The van der Waals surface area contributed by atoms with Crippen LogP contribution in [0.5, 0.6) is 0 Å². The van der Waals surface area contributed by atoms with Crippen molar-refractivity contribution >= 4 is 11.8 Å². The van der Waals surface area contributed by atoms with E-state index in [9.17, 15) is 9.59 Å². The van der Waals surface area contributed by atoms with Crippen molar-refractivity contribution < 1.29 is 14.0 Å². The standard InChI is InChI=1S/C17H24N2O3/c1-13-15(6-11-22-13)17(21)19-9-4-14(5-10-19)12-16(20)18-7-2-3-8-18/h6,11,14H,2-5,7-10,12H2,1H3. The van der Waals surface area contributed by atoms with E-state index in [4.69, 9.17) is 4.42 Å². The van der Waals surface area contributed by atoms with Crippen molar-refractivity contribution in [2.45, 2.75) is 39.0 Å². The molecule has 0 unspecified atom stereocenters. The molecule has 22 heavy (non-hydrogen) atoms. The van der Waals surface area contributed by atoms with Crippen molar-refractivity contribution in [3.8, 4) is 0 Å². The number of hydrogen-bond acceptors (Lipinski definition) is 3. The van der Waals surface area contributed by atoms with Crippen molar-refractivity contribution in [3.05, 3.63) is 23.7 Å². The van der Waals surface area contributed by atoms with Crippen molar-refractivity contribution in [2.24, 2.45) is 5.92 Å². The number of furan rings is 1. The summed E-state index contributed by atoms with van der Waals surface area (Å²) in [5.41, 5.74) is 0.659. The molecule has 0 bridgehead atoms. The summed E-state index contributed by atoms with van der Waals surface area (Å²) in [5.74, 6) is 1.45. The highest BCUT2D eigenvalue weighted by Gasteiger charge is 2.28. The Balaban J connectivity index is 1.49. The Morgan fingerprint density at radius 1 is 1.14 bits per heavy atom. The monoisotopic (exact) mass is 304 g/mol. The van der Waals surface area contributed by atoms with Crippen LogP contribution in [-0.2, 0) is 4.79 Å². The van der Waals surface area contributed by atoms with Gasteiger partial charge >= 0.3 is 0 Å². The molecular weight excluding hydrogens is 280 g/mol. The van der Waals surface area contributed by atoms with Gasteiger partial charge in [-0.15, -0.1) is 0 Å². The molecule has 2 aliphatic heterocycles. The summed E-state index contributed by atoms with van der Waals surface area (Å²) in [6.07, 6.45) is 6.33. The molecule has 2 fully saturated rings. The van der Waals surface area contributed by atoms with Crippen LogP contribution in [0.2, 0.25) is 0 Å².